The molecule has 180 valence electrons. The van der Waals surface area contributed by atoms with Crippen LogP contribution in [0.4, 0.5) is 4.39 Å². The molecule has 0 spiro atoms. The van der Waals surface area contributed by atoms with Gasteiger partial charge >= 0.3 is 0 Å². The average molecular weight is 472 g/mol. The second-order valence-electron chi connectivity index (χ2n) is 9.22. The van der Waals surface area contributed by atoms with Crippen molar-refractivity contribution in [1.29, 1.82) is 0 Å². The maximum Gasteiger partial charge on any atom is 0.253 e. The Kier molecular flexibility index (Phi) is 6.55. The molecule has 35 heavy (non-hydrogen) atoms. The Hall–Kier alpha value is -3.64. The lowest BCUT2D eigenvalue weighted by Gasteiger charge is -2.34. The smallest absolute Gasteiger partial charge is 0.253 e. The molecule has 1 saturated heterocycles. The molecule has 1 aliphatic heterocycles. The maximum absolute atomic E-state index is 13.4. The number of fused-ring (bicyclic) bond motifs is 1. The third-order valence-corrected chi connectivity index (χ3v) is 6.88. The lowest BCUT2D eigenvalue weighted by atomic mass is 10.1. The Morgan fingerprint density at radius 2 is 1.69 bits per heavy atom. The summed E-state index contributed by atoms with van der Waals surface area (Å²) >= 11 is 0. The van der Waals surface area contributed by atoms with Crippen LogP contribution in [-0.2, 0) is 6.42 Å². The van der Waals surface area contributed by atoms with Crippen molar-refractivity contribution in [2.75, 3.05) is 32.7 Å². The van der Waals surface area contributed by atoms with Gasteiger partial charge in [0.1, 0.15) is 17.3 Å². The van der Waals surface area contributed by atoms with Gasteiger partial charge in [-0.15, -0.1) is 0 Å². The number of rotatable bonds is 6. The van der Waals surface area contributed by atoms with Gasteiger partial charge in [-0.1, -0.05) is 12.1 Å². The van der Waals surface area contributed by atoms with E-state index in [1.165, 1.54) is 11.6 Å². The minimum Gasteiger partial charge on any atom is -0.457 e. The van der Waals surface area contributed by atoms with Crippen LogP contribution in [0.5, 0.6) is 11.5 Å². The molecule has 1 fully saturated rings. The molecular weight excluding hydrogens is 441 g/mol. The number of carbonyl (C=O) groups excluding carboxylic acids is 1. The van der Waals surface area contributed by atoms with E-state index in [9.17, 15) is 9.18 Å². The topological polar surface area (TPSA) is 48.6 Å². The maximum atomic E-state index is 13.4. The van der Waals surface area contributed by atoms with Crippen molar-refractivity contribution in [3.63, 3.8) is 0 Å². The number of nitrogens with zero attached hydrogens (tertiary/aromatic N) is 2. The van der Waals surface area contributed by atoms with Crippen LogP contribution in [0, 0.1) is 19.7 Å². The van der Waals surface area contributed by atoms with E-state index >= 15 is 0 Å². The van der Waals surface area contributed by atoms with Gasteiger partial charge in [0.05, 0.1) is 0 Å². The van der Waals surface area contributed by atoms with E-state index in [4.69, 9.17) is 4.74 Å². The van der Waals surface area contributed by atoms with E-state index in [0.717, 1.165) is 54.0 Å². The molecule has 3 aromatic carbocycles. The SMILES string of the molecule is Cc1[nH]c2ccc(Oc3ccc(C(=O)N4CCN(CCc5cccc(F)c5)CC4)cc3)cc2c1C. The highest BCUT2D eigenvalue weighted by Gasteiger charge is 2.22. The highest BCUT2D eigenvalue weighted by molar-refractivity contribution is 5.94. The van der Waals surface area contributed by atoms with E-state index in [1.54, 1.807) is 12.1 Å². The minimum absolute atomic E-state index is 0.0428. The first kappa shape index (κ1) is 23.1. The van der Waals surface area contributed by atoms with Gasteiger partial charge in [0.2, 0.25) is 0 Å². The Balaban J connectivity index is 1.15. The molecule has 5 nitrogen and oxygen atoms in total. The predicted molar refractivity (Wildman–Crippen MR) is 137 cm³/mol. The molecule has 5 rings (SSSR count). The quantitative estimate of drug-likeness (QED) is 0.392. The molecule has 0 aliphatic carbocycles. The number of carbonyl (C=O) groups is 1. The van der Waals surface area contributed by atoms with Gasteiger partial charge in [-0.05, 0) is 86.0 Å². The number of aromatic amines is 1. The van der Waals surface area contributed by atoms with E-state index < -0.39 is 0 Å². The van der Waals surface area contributed by atoms with Crippen LogP contribution in [-0.4, -0.2) is 53.4 Å². The molecule has 0 radical (unpaired) electrons. The van der Waals surface area contributed by atoms with Crippen LogP contribution in [0.15, 0.2) is 66.7 Å². The van der Waals surface area contributed by atoms with Gasteiger partial charge in [-0.2, -0.15) is 0 Å². The van der Waals surface area contributed by atoms with E-state index in [2.05, 4.69) is 23.7 Å². The summed E-state index contributed by atoms with van der Waals surface area (Å²) in [4.78, 5) is 20.6. The molecule has 6 heteroatoms. The Labute approximate surface area is 205 Å². The van der Waals surface area contributed by atoms with Crippen molar-refractivity contribution in [3.05, 3.63) is 94.9 Å². The van der Waals surface area contributed by atoms with Crippen molar-refractivity contribution < 1.29 is 13.9 Å². The van der Waals surface area contributed by atoms with Crippen LogP contribution in [0.1, 0.15) is 27.2 Å². The van der Waals surface area contributed by atoms with Crippen LogP contribution >= 0.6 is 0 Å². The van der Waals surface area contributed by atoms with Crippen molar-refractivity contribution in [2.45, 2.75) is 20.3 Å². The molecule has 1 aliphatic rings. The van der Waals surface area contributed by atoms with Crippen molar-refractivity contribution in [3.8, 4) is 11.5 Å². The Morgan fingerprint density at radius 1 is 0.943 bits per heavy atom. The standard InChI is InChI=1S/C29H30FN3O2/c1-20-21(2)31-28-11-10-26(19-27(20)28)35-25-8-6-23(7-9-25)29(34)33-16-14-32(15-17-33)13-12-22-4-3-5-24(30)18-22/h3-11,18-19,31H,12-17H2,1-2H3. The number of nitrogens with one attached hydrogen (secondary N) is 1. The Bertz CT molecular complexity index is 1340. The van der Waals surface area contributed by atoms with Gasteiger partial charge < -0.3 is 14.6 Å². The fraction of sp³-hybridized carbons (Fsp3) is 0.276. The summed E-state index contributed by atoms with van der Waals surface area (Å²) in [5.74, 6) is 1.32. The van der Waals surface area contributed by atoms with Crippen molar-refractivity contribution >= 4 is 16.8 Å². The first-order chi connectivity index (χ1) is 17.0. The zero-order valence-electron chi connectivity index (χ0n) is 20.2. The second-order valence-corrected chi connectivity index (χ2v) is 9.22. The fourth-order valence-corrected chi connectivity index (χ4v) is 4.64. The lowest BCUT2D eigenvalue weighted by molar-refractivity contribution is 0.0638. The van der Waals surface area contributed by atoms with Crippen LogP contribution in [0.3, 0.4) is 0 Å². The number of benzene rings is 3. The average Bonchev–Trinajstić information content (AvgIpc) is 3.16. The van der Waals surface area contributed by atoms with Gasteiger partial charge in [-0.3, -0.25) is 9.69 Å². The summed E-state index contributed by atoms with van der Waals surface area (Å²) in [5.41, 5.74) is 5.15. The number of piperazine rings is 1. The summed E-state index contributed by atoms with van der Waals surface area (Å²) in [6, 6.07) is 20.1. The van der Waals surface area contributed by atoms with E-state index in [1.807, 2.05) is 53.4 Å². The summed E-state index contributed by atoms with van der Waals surface area (Å²) in [6.07, 6.45) is 0.809. The van der Waals surface area contributed by atoms with Crippen LogP contribution < -0.4 is 4.74 Å². The van der Waals surface area contributed by atoms with Gasteiger partial charge in [-0.25, -0.2) is 4.39 Å². The molecule has 1 N–H and O–H groups in total. The Morgan fingerprint density at radius 3 is 2.43 bits per heavy atom. The summed E-state index contributed by atoms with van der Waals surface area (Å²) in [6.45, 7) is 8.06. The number of amides is 1. The fourth-order valence-electron chi connectivity index (χ4n) is 4.64. The number of hydrogen-bond acceptors (Lipinski definition) is 3. The second kappa shape index (κ2) is 9.92. The zero-order valence-corrected chi connectivity index (χ0v) is 20.2. The number of aryl methyl sites for hydroxylation is 2. The summed E-state index contributed by atoms with van der Waals surface area (Å²) < 4.78 is 19.4. The van der Waals surface area contributed by atoms with E-state index in [0.29, 0.717) is 24.4 Å². The largest absolute Gasteiger partial charge is 0.457 e. The molecule has 2 heterocycles. The number of H-pyrrole nitrogens is 1. The highest BCUT2D eigenvalue weighted by atomic mass is 19.1. The number of halogens is 1. The molecule has 0 saturated carbocycles. The number of ether oxygens (including phenoxy) is 1. The van der Waals surface area contributed by atoms with Crippen LogP contribution in [0.25, 0.3) is 10.9 Å². The normalized spacial score (nSPS) is 14.4. The lowest BCUT2D eigenvalue weighted by Crippen LogP contribution is -2.49. The first-order valence-electron chi connectivity index (χ1n) is 12.1. The number of hydrogen-bond donors (Lipinski definition) is 1. The van der Waals surface area contributed by atoms with E-state index in [-0.39, 0.29) is 11.7 Å². The molecular formula is C29H30FN3O2. The summed E-state index contributed by atoms with van der Waals surface area (Å²) in [5, 5.41) is 1.15. The third kappa shape index (κ3) is 5.23. The van der Waals surface area contributed by atoms with Gasteiger partial charge in [0, 0.05) is 54.9 Å². The zero-order chi connectivity index (χ0) is 24.4. The molecule has 0 unspecified atom stereocenters. The molecule has 4 aromatic rings. The molecule has 0 atom stereocenters. The van der Waals surface area contributed by atoms with Crippen LogP contribution in [0.2, 0.25) is 0 Å². The molecule has 1 amide bonds. The first-order valence-corrected chi connectivity index (χ1v) is 12.1. The van der Waals surface area contributed by atoms with Gasteiger partial charge in [0.15, 0.2) is 0 Å². The van der Waals surface area contributed by atoms with Crippen molar-refractivity contribution in [2.24, 2.45) is 0 Å². The minimum atomic E-state index is -0.193. The third-order valence-electron chi connectivity index (χ3n) is 6.88. The molecule has 1 aromatic heterocycles. The highest BCUT2D eigenvalue weighted by Crippen LogP contribution is 2.29. The summed E-state index contributed by atoms with van der Waals surface area (Å²) in [7, 11) is 0. The predicted octanol–water partition coefficient (Wildman–Crippen LogP) is 5.72. The number of aromatic nitrogens is 1. The molecule has 0 bridgehead atoms. The monoisotopic (exact) mass is 471 g/mol. The van der Waals surface area contributed by atoms with Crippen molar-refractivity contribution in [1.82, 2.24) is 14.8 Å². The van der Waals surface area contributed by atoms with Gasteiger partial charge in [0.25, 0.3) is 5.91 Å².